The highest BCUT2D eigenvalue weighted by Gasteiger charge is 2.48. The van der Waals surface area contributed by atoms with Gasteiger partial charge in [-0.2, -0.15) is 0 Å². The van der Waals surface area contributed by atoms with Crippen molar-refractivity contribution in [3.8, 4) is 0 Å². The van der Waals surface area contributed by atoms with Crippen LogP contribution in [0.2, 0.25) is 18.1 Å². The lowest BCUT2D eigenvalue weighted by Gasteiger charge is -2.39. The Morgan fingerprint density at radius 2 is 1.69 bits per heavy atom. The summed E-state index contributed by atoms with van der Waals surface area (Å²) in [5, 5.41) is 9.79. The molecule has 2 fully saturated rings. The van der Waals surface area contributed by atoms with Crippen molar-refractivity contribution in [1.29, 1.82) is 0 Å². The van der Waals surface area contributed by atoms with E-state index in [0.717, 1.165) is 24.3 Å². The second-order valence-corrected chi connectivity index (χ2v) is 17.4. The van der Waals surface area contributed by atoms with Crippen LogP contribution in [0.5, 0.6) is 0 Å². The van der Waals surface area contributed by atoms with E-state index < -0.39 is 14.1 Å². The van der Waals surface area contributed by atoms with Crippen molar-refractivity contribution < 1.29 is 19.0 Å². The van der Waals surface area contributed by atoms with Crippen molar-refractivity contribution in [2.75, 3.05) is 24.7 Å². The van der Waals surface area contributed by atoms with E-state index in [9.17, 15) is 5.11 Å². The van der Waals surface area contributed by atoms with Gasteiger partial charge in [0.05, 0.1) is 16.8 Å². The maximum absolute atomic E-state index is 9.61. The fourth-order valence-electron chi connectivity index (χ4n) is 3.19. The summed E-state index contributed by atoms with van der Waals surface area (Å²) in [7, 11) is -1.82. The van der Waals surface area contributed by atoms with Gasteiger partial charge in [0, 0.05) is 13.0 Å². The standard InChI is InChI=1S/C19H38O4S2Si/c1-17(2,3)26(6,7)21-14-16-15(22-18(4,5)23-16)13-19(9-10-20)24-11-8-12-25-19/h15-16,20H,8-14H2,1-7H3/t15-,16-/m1/s1. The molecular weight excluding hydrogens is 384 g/mol. The topological polar surface area (TPSA) is 47.9 Å². The first-order valence-electron chi connectivity index (χ1n) is 9.78. The molecule has 4 nitrogen and oxygen atoms in total. The van der Waals surface area contributed by atoms with Gasteiger partial charge in [0.15, 0.2) is 14.1 Å². The summed E-state index contributed by atoms with van der Waals surface area (Å²) in [4.78, 5) is 0. The zero-order chi connectivity index (χ0) is 19.6. The maximum atomic E-state index is 9.61. The molecule has 0 aromatic heterocycles. The van der Waals surface area contributed by atoms with E-state index in [0.29, 0.717) is 6.61 Å². The Balaban J connectivity index is 2.07. The Labute approximate surface area is 169 Å². The van der Waals surface area contributed by atoms with E-state index in [1.807, 2.05) is 37.4 Å². The van der Waals surface area contributed by atoms with Crippen molar-refractivity contribution in [2.45, 2.75) is 94.1 Å². The van der Waals surface area contributed by atoms with Crippen molar-refractivity contribution >= 4 is 31.8 Å². The quantitative estimate of drug-likeness (QED) is 0.591. The molecular formula is C19H38O4S2Si. The maximum Gasteiger partial charge on any atom is 0.192 e. The molecule has 7 heteroatoms. The van der Waals surface area contributed by atoms with Crippen molar-refractivity contribution in [1.82, 2.24) is 0 Å². The molecule has 2 saturated heterocycles. The Morgan fingerprint density at radius 3 is 2.23 bits per heavy atom. The summed E-state index contributed by atoms with van der Waals surface area (Å²) in [5.41, 5.74) is 0. The summed E-state index contributed by atoms with van der Waals surface area (Å²) in [6.45, 7) is 16.1. The molecule has 154 valence electrons. The van der Waals surface area contributed by atoms with Crippen LogP contribution >= 0.6 is 23.5 Å². The number of rotatable bonds is 7. The minimum Gasteiger partial charge on any atom is -0.414 e. The van der Waals surface area contributed by atoms with Crippen LogP contribution in [0.25, 0.3) is 0 Å². The smallest absolute Gasteiger partial charge is 0.192 e. The molecule has 0 unspecified atom stereocenters. The predicted octanol–water partition coefficient (Wildman–Crippen LogP) is 4.87. The molecule has 0 radical (unpaired) electrons. The second-order valence-electron chi connectivity index (χ2n) is 9.42. The van der Waals surface area contributed by atoms with Crippen LogP contribution < -0.4 is 0 Å². The fourth-order valence-corrected chi connectivity index (χ4v) is 7.58. The van der Waals surface area contributed by atoms with E-state index in [4.69, 9.17) is 13.9 Å². The van der Waals surface area contributed by atoms with Gasteiger partial charge >= 0.3 is 0 Å². The third-order valence-electron chi connectivity index (χ3n) is 5.72. The molecule has 0 aromatic carbocycles. The molecule has 2 aliphatic heterocycles. The summed E-state index contributed by atoms with van der Waals surface area (Å²) >= 11 is 3.97. The number of hydrogen-bond donors (Lipinski definition) is 1. The van der Waals surface area contributed by atoms with Gasteiger partial charge < -0.3 is 19.0 Å². The van der Waals surface area contributed by atoms with Crippen LogP contribution in [0.4, 0.5) is 0 Å². The van der Waals surface area contributed by atoms with E-state index in [-0.39, 0.29) is 27.9 Å². The molecule has 2 rings (SSSR count). The van der Waals surface area contributed by atoms with Gasteiger partial charge in [-0.1, -0.05) is 20.8 Å². The third kappa shape index (κ3) is 5.88. The lowest BCUT2D eigenvalue weighted by atomic mass is 10.1. The van der Waals surface area contributed by atoms with Crippen molar-refractivity contribution in [2.24, 2.45) is 0 Å². The number of thioether (sulfide) groups is 2. The first-order chi connectivity index (χ1) is 11.9. The largest absolute Gasteiger partial charge is 0.414 e. The highest BCUT2D eigenvalue weighted by atomic mass is 32.2. The molecule has 0 aliphatic carbocycles. The van der Waals surface area contributed by atoms with Gasteiger partial charge in [-0.25, -0.2) is 0 Å². The summed E-state index contributed by atoms with van der Waals surface area (Å²) in [5.74, 6) is 1.75. The van der Waals surface area contributed by atoms with Crippen LogP contribution in [0.3, 0.4) is 0 Å². The number of aliphatic hydroxyl groups excluding tert-OH is 1. The molecule has 26 heavy (non-hydrogen) atoms. The van der Waals surface area contributed by atoms with Gasteiger partial charge in [-0.3, -0.25) is 0 Å². The monoisotopic (exact) mass is 422 g/mol. The Morgan fingerprint density at radius 1 is 1.12 bits per heavy atom. The molecule has 0 saturated carbocycles. The van der Waals surface area contributed by atoms with E-state index in [1.165, 1.54) is 6.42 Å². The van der Waals surface area contributed by atoms with Gasteiger partial charge in [0.25, 0.3) is 0 Å². The third-order valence-corrected chi connectivity index (χ3v) is 13.7. The molecule has 0 bridgehead atoms. The van der Waals surface area contributed by atoms with E-state index >= 15 is 0 Å². The lowest BCUT2D eigenvalue weighted by Crippen LogP contribution is -2.45. The average Bonchev–Trinajstić information content (AvgIpc) is 2.79. The molecule has 1 N–H and O–H groups in total. The minimum atomic E-state index is -1.82. The van der Waals surface area contributed by atoms with Gasteiger partial charge in [0.2, 0.25) is 0 Å². The van der Waals surface area contributed by atoms with Crippen molar-refractivity contribution in [3.63, 3.8) is 0 Å². The van der Waals surface area contributed by atoms with Crippen LogP contribution in [0.1, 0.15) is 53.9 Å². The fraction of sp³-hybridized carbons (Fsp3) is 1.00. The zero-order valence-corrected chi connectivity index (χ0v) is 20.2. The number of ether oxygens (including phenoxy) is 2. The lowest BCUT2D eigenvalue weighted by molar-refractivity contribution is -0.149. The molecule has 0 aromatic rings. The molecule has 0 amide bonds. The SMILES string of the molecule is CC1(C)O[C@H](CO[Si](C)(C)C(C)(C)C)[C@@H](CC2(CCO)SCCCS2)O1. The average molecular weight is 423 g/mol. The van der Waals surface area contributed by atoms with Crippen molar-refractivity contribution in [3.05, 3.63) is 0 Å². The van der Waals surface area contributed by atoms with E-state index in [1.54, 1.807) is 0 Å². The molecule has 2 heterocycles. The van der Waals surface area contributed by atoms with E-state index in [2.05, 4.69) is 33.9 Å². The summed E-state index contributed by atoms with van der Waals surface area (Å²) in [6, 6.07) is 0. The van der Waals surface area contributed by atoms with Gasteiger partial charge in [-0.15, -0.1) is 23.5 Å². The number of hydrogen-bond acceptors (Lipinski definition) is 6. The second kappa shape index (κ2) is 8.64. The predicted molar refractivity (Wildman–Crippen MR) is 116 cm³/mol. The first kappa shape index (κ1) is 23.0. The highest BCUT2D eigenvalue weighted by Crippen LogP contribution is 2.50. The minimum absolute atomic E-state index is 0.0134. The van der Waals surface area contributed by atoms with Crippen LogP contribution in [0.15, 0.2) is 0 Å². The van der Waals surface area contributed by atoms with Crippen LogP contribution in [-0.2, 0) is 13.9 Å². The Bertz CT molecular complexity index is 453. The Kier molecular flexibility index (Phi) is 7.65. The highest BCUT2D eigenvalue weighted by molar-refractivity contribution is 8.18. The molecule has 2 atom stereocenters. The molecule has 2 aliphatic rings. The summed E-state index contributed by atoms with van der Waals surface area (Å²) in [6.07, 6.45) is 2.92. The normalized spacial score (nSPS) is 29.1. The number of aliphatic hydroxyl groups is 1. The molecule has 0 spiro atoms. The van der Waals surface area contributed by atoms with Crippen LogP contribution in [-0.4, -0.2) is 60.2 Å². The van der Waals surface area contributed by atoms with Gasteiger partial charge in [0.1, 0.15) is 6.10 Å². The first-order valence-corrected chi connectivity index (χ1v) is 14.7. The Hall–Kier alpha value is 0.757. The summed E-state index contributed by atoms with van der Waals surface area (Å²) < 4.78 is 19.0. The van der Waals surface area contributed by atoms with Crippen LogP contribution in [0, 0.1) is 0 Å². The zero-order valence-electron chi connectivity index (χ0n) is 17.6. The van der Waals surface area contributed by atoms with Gasteiger partial charge in [-0.05, 0) is 56.3 Å².